The Morgan fingerprint density at radius 2 is 2.14 bits per heavy atom. The maximum absolute atomic E-state index is 11.1. The standard InChI is InChI=1S/C7H9N3O4/c1-10-5(8)4(3(12)2-11)6(13)9-7(10)14/h11H,2,8H2,1H3,(H,9,13,14). The number of nitrogen functional groups attached to an aromatic ring is 1. The average Bonchev–Trinajstić information content (AvgIpc) is 2.14. The normalized spacial score (nSPS) is 10.1. The SMILES string of the molecule is Cn1c(N)c(C(=O)CO)c(=O)[nH]c1=O. The van der Waals surface area contributed by atoms with Crippen LogP contribution in [-0.2, 0) is 7.05 Å². The smallest absolute Gasteiger partial charge is 0.329 e. The predicted molar refractivity (Wildman–Crippen MR) is 48.1 cm³/mol. The van der Waals surface area contributed by atoms with E-state index in [0.29, 0.717) is 0 Å². The maximum Gasteiger partial charge on any atom is 0.329 e. The fourth-order valence-corrected chi connectivity index (χ4v) is 0.985. The number of nitrogens with one attached hydrogen (secondary N) is 1. The summed E-state index contributed by atoms with van der Waals surface area (Å²) in [6.07, 6.45) is 0. The second kappa shape index (κ2) is 3.46. The first-order valence-corrected chi connectivity index (χ1v) is 3.72. The molecule has 7 heteroatoms. The van der Waals surface area contributed by atoms with Crippen molar-refractivity contribution < 1.29 is 9.90 Å². The molecule has 0 atom stereocenters. The number of aliphatic hydroxyl groups is 1. The van der Waals surface area contributed by atoms with Crippen LogP contribution in [0.25, 0.3) is 0 Å². The van der Waals surface area contributed by atoms with Crippen LogP contribution < -0.4 is 17.0 Å². The molecule has 0 fully saturated rings. The highest BCUT2D eigenvalue weighted by molar-refractivity contribution is 6.00. The Bertz CT molecular complexity index is 485. The highest BCUT2D eigenvalue weighted by Gasteiger charge is 2.16. The molecule has 1 rings (SSSR count). The molecule has 1 heterocycles. The topological polar surface area (TPSA) is 118 Å². The van der Waals surface area contributed by atoms with E-state index in [1.807, 2.05) is 4.98 Å². The van der Waals surface area contributed by atoms with Crippen LogP contribution >= 0.6 is 0 Å². The third-order valence-electron chi connectivity index (χ3n) is 1.79. The Morgan fingerprint density at radius 3 is 2.64 bits per heavy atom. The Kier molecular flexibility index (Phi) is 2.52. The number of carbonyl (C=O) groups excluding carboxylic acids is 1. The minimum atomic E-state index is -0.885. The number of hydrogen-bond acceptors (Lipinski definition) is 5. The first-order valence-electron chi connectivity index (χ1n) is 3.72. The first-order chi connectivity index (χ1) is 6.49. The number of carbonyl (C=O) groups is 1. The van der Waals surface area contributed by atoms with Gasteiger partial charge in [-0.2, -0.15) is 0 Å². The summed E-state index contributed by atoms with van der Waals surface area (Å²) in [6.45, 7) is -0.828. The summed E-state index contributed by atoms with van der Waals surface area (Å²) < 4.78 is 0.921. The molecule has 0 aromatic carbocycles. The van der Waals surface area contributed by atoms with Gasteiger partial charge in [0.25, 0.3) is 5.56 Å². The predicted octanol–water partition coefficient (Wildman–Crippen LogP) is -2.17. The van der Waals surface area contributed by atoms with Crippen LogP contribution in [0.5, 0.6) is 0 Å². The van der Waals surface area contributed by atoms with Crippen LogP contribution in [0.1, 0.15) is 10.4 Å². The summed E-state index contributed by atoms with van der Waals surface area (Å²) in [6, 6.07) is 0. The summed E-state index contributed by atoms with van der Waals surface area (Å²) in [5, 5.41) is 8.55. The van der Waals surface area contributed by atoms with Crippen molar-refractivity contribution in [3.05, 3.63) is 26.4 Å². The van der Waals surface area contributed by atoms with E-state index >= 15 is 0 Å². The van der Waals surface area contributed by atoms with Crippen LogP contribution in [0.4, 0.5) is 5.82 Å². The summed E-state index contributed by atoms with van der Waals surface area (Å²) in [5.74, 6) is -1.07. The number of anilines is 1. The first kappa shape index (κ1) is 10.2. The van der Waals surface area contributed by atoms with Gasteiger partial charge in [-0.1, -0.05) is 0 Å². The molecule has 14 heavy (non-hydrogen) atoms. The summed E-state index contributed by atoms with van der Waals surface area (Å²) >= 11 is 0. The molecule has 4 N–H and O–H groups in total. The van der Waals surface area contributed by atoms with E-state index in [9.17, 15) is 14.4 Å². The Morgan fingerprint density at radius 1 is 1.57 bits per heavy atom. The van der Waals surface area contributed by atoms with Gasteiger partial charge in [0.1, 0.15) is 18.0 Å². The largest absolute Gasteiger partial charge is 0.388 e. The van der Waals surface area contributed by atoms with Gasteiger partial charge in [0, 0.05) is 7.05 Å². The lowest BCUT2D eigenvalue weighted by Crippen LogP contribution is -2.35. The van der Waals surface area contributed by atoms with E-state index in [1.165, 1.54) is 7.05 Å². The Labute approximate surface area is 77.8 Å². The molecule has 0 saturated heterocycles. The van der Waals surface area contributed by atoms with E-state index in [4.69, 9.17) is 10.8 Å². The number of H-pyrrole nitrogens is 1. The number of aromatic amines is 1. The quantitative estimate of drug-likeness (QED) is 0.468. The molecule has 1 aromatic rings. The van der Waals surface area contributed by atoms with Gasteiger partial charge < -0.3 is 10.8 Å². The van der Waals surface area contributed by atoms with Crippen LogP contribution in [-0.4, -0.2) is 27.0 Å². The van der Waals surface area contributed by atoms with E-state index in [1.54, 1.807) is 0 Å². The zero-order valence-corrected chi connectivity index (χ0v) is 7.40. The van der Waals surface area contributed by atoms with Gasteiger partial charge in [0.05, 0.1) is 0 Å². The van der Waals surface area contributed by atoms with Gasteiger partial charge >= 0.3 is 5.69 Å². The van der Waals surface area contributed by atoms with Crippen molar-refractivity contribution >= 4 is 11.6 Å². The van der Waals surface area contributed by atoms with E-state index in [-0.39, 0.29) is 5.82 Å². The van der Waals surface area contributed by atoms with E-state index in [0.717, 1.165) is 4.57 Å². The summed E-state index contributed by atoms with van der Waals surface area (Å²) in [5.41, 5.74) is 3.39. The molecule has 0 aliphatic heterocycles. The van der Waals surface area contributed by atoms with Crippen molar-refractivity contribution in [2.45, 2.75) is 0 Å². The second-order valence-electron chi connectivity index (χ2n) is 2.66. The van der Waals surface area contributed by atoms with Gasteiger partial charge in [-0.25, -0.2) is 4.79 Å². The summed E-state index contributed by atoms with van der Waals surface area (Å²) in [7, 11) is 1.31. The third kappa shape index (κ3) is 1.44. The van der Waals surface area contributed by atoms with Crippen LogP contribution in [0.3, 0.4) is 0 Å². The van der Waals surface area contributed by atoms with E-state index in [2.05, 4.69) is 0 Å². The lowest BCUT2D eigenvalue weighted by atomic mass is 10.2. The number of aliphatic hydroxyl groups excluding tert-OH is 1. The molecular formula is C7H9N3O4. The van der Waals surface area contributed by atoms with Gasteiger partial charge in [0.2, 0.25) is 0 Å². The van der Waals surface area contributed by atoms with Gasteiger partial charge in [0.15, 0.2) is 5.78 Å². The minimum Gasteiger partial charge on any atom is -0.388 e. The molecule has 1 aromatic heterocycles. The number of aromatic nitrogens is 2. The highest BCUT2D eigenvalue weighted by Crippen LogP contribution is 2.01. The summed E-state index contributed by atoms with van der Waals surface area (Å²) in [4.78, 5) is 35.1. The zero-order chi connectivity index (χ0) is 10.9. The minimum absolute atomic E-state index is 0.252. The lowest BCUT2D eigenvalue weighted by molar-refractivity contribution is 0.0902. The molecule has 7 nitrogen and oxygen atoms in total. The van der Waals surface area contributed by atoms with Crippen molar-refractivity contribution in [1.82, 2.24) is 9.55 Å². The number of rotatable bonds is 2. The molecule has 0 aliphatic carbocycles. The number of Topliss-reactive ketones (excluding diaryl/α,β-unsaturated/α-hetero) is 1. The maximum atomic E-state index is 11.1. The van der Waals surface area contributed by atoms with Crippen molar-refractivity contribution in [3.8, 4) is 0 Å². The lowest BCUT2D eigenvalue weighted by Gasteiger charge is -2.05. The number of ketones is 1. The third-order valence-corrected chi connectivity index (χ3v) is 1.79. The fourth-order valence-electron chi connectivity index (χ4n) is 0.985. The molecular weight excluding hydrogens is 190 g/mol. The van der Waals surface area contributed by atoms with Crippen LogP contribution in [0.15, 0.2) is 9.59 Å². The Balaban J connectivity index is 3.61. The van der Waals surface area contributed by atoms with Crippen molar-refractivity contribution in [3.63, 3.8) is 0 Å². The molecule has 0 amide bonds. The number of nitrogens with two attached hydrogens (primary N) is 1. The molecule has 0 aliphatic rings. The molecule has 0 saturated carbocycles. The van der Waals surface area contributed by atoms with Gasteiger partial charge in [-0.15, -0.1) is 0 Å². The van der Waals surface area contributed by atoms with Crippen LogP contribution in [0.2, 0.25) is 0 Å². The van der Waals surface area contributed by atoms with E-state index < -0.39 is 29.2 Å². The van der Waals surface area contributed by atoms with Crippen LogP contribution in [0, 0.1) is 0 Å². The van der Waals surface area contributed by atoms with Crippen molar-refractivity contribution in [1.29, 1.82) is 0 Å². The highest BCUT2D eigenvalue weighted by atomic mass is 16.3. The second-order valence-corrected chi connectivity index (χ2v) is 2.66. The monoisotopic (exact) mass is 199 g/mol. The number of nitrogens with zero attached hydrogens (tertiary/aromatic N) is 1. The average molecular weight is 199 g/mol. The Hall–Kier alpha value is -1.89. The fraction of sp³-hybridized carbons (Fsp3) is 0.286. The molecule has 0 unspecified atom stereocenters. The zero-order valence-electron chi connectivity index (χ0n) is 7.40. The molecule has 0 spiro atoms. The number of hydrogen-bond donors (Lipinski definition) is 3. The molecule has 0 radical (unpaired) electrons. The van der Waals surface area contributed by atoms with Crippen molar-refractivity contribution in [2.24, 2.45) is 7.05 Å². The van der Waals surface area contributed by atoms with Gasteiger partial charge in [-0.05, 0) is 0 Å². The van der Waals surface area contributed by atoms with Crippen molar-refractivity contribution in [2.75, 3.05) is 12.3 Å². The molecule has 0 bridgehead atoms. The van der Waals surface area contributed by atoms with Gasteiger partial charge in [-0.3, -0.25) is 19.1 Å². The molecule has 76 valence electrons.